The zero-order valence-electron chi connectivity index (χ0n) is 10.5. The normalized spacial score (nSPS) is 10.3. The fourth-order valence-corrected chi connectivity index (χ4v) is 2.27. The van der Waals surface area contributed by atoms with E-state index in [1.807, 2.05) is 42.5 Å². The van der Waals surface area contributed by atoms with Crippen molar-refractivity contribution in [2.24, 2.45) is 0 Å². The van der Waals surface area contributed by atoms with E-state index in [9.17, 15) is 0 Å². The first kappa shape index (κ1) is 14.2. The first-order valence-corrected chi connectivity index (χ1v) is 7.33. The largest absolute Gasteiger partial charge is 0.493 e. The van der Waals surface area contributed by atoms with Gasteiger partial charge in [0.1, 0.15) is 6.61 Å². The highest BCUT2D eigenvalue weighted by Crippen LogP contribution is 2.29. The van der Waals surface area contributed by atoms with Gasteiger partial charge in [0, 0.05) is 10.4 Å². The predicted octanol–water partition coefficient (Wildman–Crippen LogP) is 4.82. The fraction of sp³-hybridized carbons (Fsp3) is 0.200. The number of halogens is 2. The van der Waals surface area contributed by atoms with Crippen molar-refractivity contribution in [1.29, 1.82) is 0 Å². The highest BCUT2D eigenvalue weighted by atomic mass is 79.9. The molecule has 0 aromatic heterocycles. The van der Waals surface area contributed by atoms with Crippen LogP contribution >= 0.6 is 27.5 Å². The summed E-state index contributed by atoms with van der Waals surface area (Å²) in [6.07, 6.45) is 0. The van der Waals surface area contributed by atoms with Crippen molar-refractivity contribution in [2.45, 2.75) is 11.9 Å². The minimum absolute atomic E-state index is 0.461. The Balaban J connectivity index is 2.14. The lowest BCUT2D eigenvalue weighted by atomic mass is 10.2. The van der Waals surface area contributed by atoms with Gasteiger partial charge in [-0.05, 0) is 35.4 Å². The molecule has 0 atom stereocenters. The molecule has 0 aliphatic heterocycles. The van der Waals surface area contributed by atoms with Crippen LogP contribution in [0.15, 0.2) is 42.5 Å². The topological polar surface area (TPSA) is 18.5 Å². The summed E-state index contributed by atoms with van der Waals surface area (Å²) in [5.74, 6) is 1.46. The second kappa shape index (κ2) is 6.83. The van der Waals surface area contributed by atoms with Gasteiger partial charge < -0.3 is 9.47 Å². The molecule has 2 aromatic carbocycles. The summed E-state index contributed by atoms with van der Waals surface area (Å²) in [5.41, 5.74) is 2.17. The van der Waals surface area contributed by atoms with Crippen LogP contribution in [0.5, 0.6) is 11.5 Å². The third-order valence-electron chi connectivity index (χ3n) is 2.67. The molecule has 0 fully saturated rings. The highest BCUT2D eigenvalue weighted by molar-refractivity contribution is 9.08. The Kier molecular flexibility index (Phi) is 5.11. The van der Waals surface area contributed by atoms with E-state index in [4.69, 9.17) is 21.1 Å². The summed E-state index contributed by atoms with van der Waals surface area (Å²) in [4.78, 5) is 0. The Bertz CT molecular complexity index is 558. The number of alkyl halides is 1. The maximum Gasteiger partial charge on any atom is 0.161 e. The summed E-state index contributed by atoms with van der Waals surface area (Å²) in [7, 11) is 1.63. The monoisotopic (exact) mass is 340 g/mol. The van der Waals surface area contributed by atoms with Gasteiger partial charge in [-0.15, -0.1) is 0 Å². The van der Waals surface area contributed by atoms with Gasteiger partial charge in [0.05, 0.1) is 7.11 Å². The first-order chi connectivity index (χ1) is 9.22. The van der Waals surface area contributed by atoms with E-state index < -0.39 is 0 Å². The van der Waals surface area contributed by atoms with Crippen LogP contribution in [0.1, 0.15) is 11.1 Å². The molecule has 0 radical (unpaired) electrons. The second-order valence-electron chi connectivity index (χ2n) is 4.04. The van der Waals surface area contributed by atoms with Crippen molar-refractivity contribution in [3.05, 3.63) is 58.6 Å². The lowest BCUT2D eigenvalue weighted by molar-refractivity contribution is 0.284. The van der Waals surface area contributed by atoms with E-state index in [0.717, 1.165) is 28.0 Å². The SMILES string of the molecule is COc1ccc(CBr)cc1OCc1cccc(Cl)c1. The van der Waals surface area contributed by atoms with Gasteiger partial charge in [0.25, 0.3) is 0 Å². The molecule has 0 aliphatic rings. The van der Waals surface area contributed by atoms with E-state index >= 15 is 0 Å². The van der Waals surface area contributed by atoms with Crippen molar-refractivity contribution in [3.63, 3.8) is 0 Å². The zero-order valence-corrected chi connectivity index (χ0v) is 12.9. The number of methoxy groups -OCH3 is 1. The van der Waals surface area contributed by atoms with Gasteiger partial charge in [0.15, 0.2) is 11.5 Å². The molecular formula is C15H14BrClO2. The van der Waals surface area contributed by atoms with Crippen molar-refractivity contribution in [2.75, 3.05) is 7.11 Å². The number of benzene rings is 2. The van der Waals surface area contributed by atoms with Gasteiger partial charge in [-0.25, -0.2) is 0 Å². The van der Waals surface area contributed by atoms with Crippen LogP contribution in [-0.4, -0.2) is 7.11 Å². The minimum Gasteiger partial charge on any atom is -0.493 e. The maximum atomic E-state index is 5.95. The highest BCUT2D eigenvalue weighted by Gasteiger charge is 2.06. The maximum absolute atomic E-state index is 5.95. The van der Waals surface area contributed by atoms with Crippen molar-refractivity contribution < 1.29 is 9.47 Å². The molecule has 0 heterocycles. The van der Waals surface area contributed by atoms with Gasteiger partial charge in [-0.1, -0.05) is 45.7 Å². The quantitative estimate of drug-likeness (QED) is 0.726. The van der Waals surface area contributed by atoms with Gasteiger partial charge in [0.2, 0.25) is 0 Å². The number of hydrogen-bond donors (Lipinski definition) is 0. The van der Waals surface area contributed by atoms with E-state index in [2.05, 4.69) is 15.9 Å². The fourth-order valence-electron chi connectivity index (χ4n) is 1.70. The second-order valence-corrected chi connectivity index (χ2v) is 5.03. The van der Waals surface area contributed by atoms with Gasteiger partial charge >= 0.3 is 0 Å². The molecule has 2 rings (SSSR count). The van der Waals surface area contributed by atoms with E-state index in [1.165, 1.54) is 0 Å². The molecular weight excluding hydrogens is 328 g/mol. The third-order valence-corrected chi connectivity index (χ3v) is 3.55. The molecule has 100 valence electrons. The molecule has 0 aliphatic carbocycles. The van der Waals surface area contributed by atoms with Gasteiger partial charge in [-0.3, -0.25) is 0 Å². The zero-order chi connectivity index (χ0) is 13.7. The van der Waals surface area contributed by atoms with Gasteiger partial charge in [-0.2, -0.15) is 0 Å². The Morgan fingerprint density at radius 1 is 1.05 bits per heavy atom. The molecule has 2 nitrogen and oxygen atoms in total. The summed E-state index contributed by atoms with van der Waals surface area (Å²) in [5, 5.41) is 1.49. The molecule has 0 N–H and O–H groups in total. The van der Waals surface area contributed by atoms with Crippen molar-refractivity contribution in [1.82, 2.24) is 0 Å². The summed E-state index contributed by atoms with van der Waals surface area (Å²) < 4.78 is 11.1. The molecule has 0 unspecified atom stereocenters. The van der Waals surface area contributed by atoms with Crippen molar-refractivity contribution in [3.8, 4) is 11.5 Å². The van der Waals surface area contributed by atoms with E-state index in [0.29, 0.717) is 11.6 Å². The average molecular weight is 342 g/mol. The lowest BCUT2D eigenvalue weighted by Crippen LogP contribution is -1.98. The minimum atomic E-state index is 0.461. The molecule has 2 aromatic rings. The molecule has 0 amide bonds. The molecule has 4 heteroatoms. The van der Waals surface area contributed by atoms with Crippen LogP contribution in [0.2, 0.25) is 5.02 Å². The third kappa shape index (κ3) is 3.88. The summed E-state index contributed by atoms with van der Waals surface area (Å²) >= 11 is 9.38. The average Bonchev–Trinajstić information content (AvgIpc) is 2.45. The van der Waals surface area contributed by atoms with Crippen LogP contribution in [0.25, 0.3) is 0 Å². The lowest BCUT2D eigenvalue weighted by Gasteiger charge is -2.12. The number of rotatable bonds is 5. The molecule has 0 spiro atoms. The van der Waals surface area contributed by atoms with Crippen LogP contribution in [0.3, 0.4) is 0 Å². The number of ether oxygens (including phenoxy) is 2. The van der Waals surface area contributed by atoms with Crippen LogP contribution in [0, 0.1) is 0 Å². The van der Waals surface area contributed by atoms with Crippen LogP contribution < -0.4 is 9.47 Å². The Labute approximate surface area is 126 Å². The van der Waals surface area contributed by atoms with E-state index in [1.54, 1.807) is 7.11 Å². The number of hydrogen-bond acceptors (Lipinski definition) is 2. The Hall–Kier alpha value is -1.19. The predicted molar refractivity (Wildman–Crippen MR) is 81.4 cm³/mol. The first-order valence-electron chi connectivity index (χ1n) is 5.83. The summed E-state index contributed by atoms with van der Waals surface area (Å²) in [6.45, 7) is 0.461. The summed E-state index contributed by atoms with van der Waals surface area (Å²) in [6, 6.07) is 13.5. The van der Waals surface area contributed by atoms with Crippen molar-refractivity contribution >= 4 is 27.5 Å². The standard InChI is InChI=1S/C15H14BrClO2/c1-18-14-6-5-11(9-16)8-15(14)19-10-12-3-2-4-13(17)7-12/h2-8H,9-10H2,1H3. The Morgan fingerprint density at radius 2 is 1.89 bits per heavy atom. The smallest absolute Gasteiger partial charge is 0.161 e. The van der Waals surface area contributed by atoms with Crippen LogP contribution in [0.4, 0.5) is 0 Å². The van der Waals surface area contributed by atoms with E-state index in [-0.39, 0.29) is 0 Å². The molecule has 0 saturated carbocycles. The molecule has 19 heavy (non-hydrogen) atoms. The van der Waals surface area contributed by atoms with Crippen LogP contribution in [-0.2, 0) is 11.9 Å². The molecule has 0 saturated heterocycles. The molecule has 0 bridgehead atoms. The Morgan fingerprint density at radius 3 is 2.58 bits per heavy atom.